The molecule has 1 aromatic rings. The Morgan fingerprint density at radius 2 is 2.29 bits per heavy atom. The van der Waals surface area contributed by atoms with Crippen LogP contribution in [0.1, 0.15) is 19.8 Å². The first kappa shape index (κ1) is 9.97. The van der Waals surface area contributed by atoms with Gasteiger partial charge in [0, 0.05) is 17.1 Å². The van der Waals surface area contributed by atoms with Crippen molar-refractivity contribution in [2.45, 2.75) is 25.8 Å². The molecule has 1 heterocycles. The first-order valence-corrected chi connectivity index (χ1v) is 5.69. The molecule has 1 aliphatic rings. The van der Waals surface area contributed by atoms with Crippen molar-refractivity contribution >= 4 is 21.6 Å². The molecule has 1 unspecified atom stereocenters. The number of hydrogen-bond donors (Lipinski definition) is 0. The standard InChI is InChI=1S/C11H13BrFN/c1-8-3-2-6-14(8)11-5-4-9(13)7-10(11)12/h4-5,7-8H,2-3,6H2,1H3. The molecule has 76 valence electrons. The summed E-state index contributed by atoms with van der Waals surface area (Å²) in [6.45, 7) is 3.29. The predicted molar refractivity (Wildman–Crippen MR) is 60.1 cm³/mol. The third-order valence-corrected chi connectivity index (χ3v) is 3.41. The van der Waals surface area contributed by atoms with Crippen molar-refractivity contribution in [2.75, 3.05) is 11.4 Å². The van der Waals surface area contributed by atoms with Crippen molar-refractivity contribution in [1.29, 1.82) is 0 Å². The van der Waals surface area contributed by atoms with Crippen LogP contribution >= 0.6 is 15.9 Å². The maximum absolute atomic E-state index is 12.9. The molecular weight excluding hydrogens is 245 g/mol. The molecule has 0 amide bonds. The maximum atomic E-state index is 12.9. The number of benzene rings is 1. The van der Waals surface area contributed by atoms with Gasteiger partial charge in [0.25, 0.3) is 0 Å². The molecule has 1 aromatic carbocycles. The summed E-state index contributed by atoms with van der Waals surface area (Å²) in [5.74, 6) is -0.188. The van der Waals surface area contributed by atoms with E-state index < -0.39 is 0 Å². The third-order valence-electron chi connectivity index (χ3n) is 2.77. The van der Waals surface area contributed by atoms with Gasteiger partial charge in [0.05, 0.1) is 5.69 Å². The molecule has 1 saturated heterocycles. The molecule has 1 nitrogen and oxygen atoms in total. The molecule has 0 aromatic heterocycles. The highest BCUT2D eigenvalue weighted by Crippen LogP contribution is 2.32. The largest absolute Gasteiger partial charge is 0.368 e. The van der Waals surface area contributed by atoms with E-state index in [0.29, 0.717) is 6.04 Å². The summed E-state index contributed by atoms with van der Waals surface area (Å²) in [6, 6.07) is 5.46. The normalized spacial score (nSPS) is 21.6. The Morgan fingerprint density at radius 1 is 1.50 bits per heavy atom. The lowest BCUT2D eigenvalue weighted by molar-refractivity contribution is 0.626. The van der Waals surface area contributed by atoms with Crippen LogP contribution < -0.4 is 4.90 Å². The Kier molecular flexibility index (Phi) is 2.77. The maximum Gasteiger partial charge on any atom is 0.124 e. The molecule has 0 bridgehead atoms. The number of nitrogens with zero attached hydrogens (tertiary/aromatic N) is 1. The van der Waals surface area contributed by atoms with E-state index in [4.69, 9.17) is 0 Å². The smallest absolute Gasteiger partial charge is 0.124 e. The van der Waals surface area contributed by atoms with E-state index in [1.165, 1.54) is 25.0 Å². The van der Waals surface area contributed by atoms with Crippen molar-refractivity contribution in [3.05, 3.63) is 28.5 Å². The molecule has 14 heavy (non-hydrogen) atoms. The van der Waals surface area contributed by atoms with Gasteiger partial charge in [-0.05, 0) is 53.9 Å². The summed E-state index contributed by atoms with van der Waals surface area (Å²) < 4.78 is 13.7. The van der Waals surface area contributed by atoms with Gasteiger partial charge in [0.1, 0.15) is 5.82 Å². The molecule has 0 saturated carbocycles. The molecule has 2 rings (SSSR count). The van der Waals surface area contributed by atoms with Gasteiger partial charge in [-0.3, -0.25) is 0 Å². The van der Waals surface area contributed by atoms with Crippen LogP contribution in [0.15, 0.2) is 22.7 Å². The van der Waals surface area contributed by atoms with Gasteiger partial charge >= 0.3 is 0 Å². The van der Waals surface area contributed by atoms with E-state index in [9.17, 15) is 4.39 Å². The number of anilines is 1. The summed E-state index contributed by atoms with van der Waals surface area (Å²) >= 11 is 3.40. The van der Waals surface area contributed by atoms with E-state index in [2.05, 4.69) is 27.8 Å². The van der Waals surface area contributed by atoms with Crippen LogP contribution in [0.5, 0.6) is 0 Å². The molecule has 0 radical (unpaired) electrons. The fraction of sp³-hybridized carbons (Fsp3) is 0.455. The van der Waals surface area contributed by atoms with Gasteiger partial charge in [-0.15, -0.1) is 0 Å². The Morgan fingerprint density at radius 3 is 2.86 bits per heavy atom. The van der Waals surface area contributed by atoms with Crippen molar-refractivity contribution in [3.63, 3.8) is 0 Å². The Balaban J connectivity index is 2.31. The van der Waals surface area contributed by atoms with E-state index in [1.54, 1.807) is 0 Å². The second kappa shape index (κ2) is 3.89. The lowest BCUT2D eigenvalue weighted by Crippen LogP contribution is -2.26. The summed E-state index contributed by atoms with van der Waals surface area (Å²) in [5, 5.41) is 0. The van der Waals surface area contributed by atoms with Gasteiger partial charge in [0.2, 0.25) is 0 Å². The van der Waals surface area contributed by atoms with Crippen molar-refractivity contribution in [2.24, 2.45) is 0 Å². The average molecular weight is 258 g/mol. The minimum atomic E-state index is -0.188. The van der Waals surface area contributed by atoms with Crippen LogP contribution in [0.2, 0.25) is 0 Å². The number of halogens is 2. The lowest BCUT2D eigenvalue weighted by atomic mass is 10.2. The first-order chi connectivity index (χ1) is 6.68. The molecule has 0 N–H and O–H groups in total. The van der Waals surface area contributed by atoms with Crippen LogP contribution in [0.25, 0.3) is 0 Å². The summed E-state index contributed by atoms with van der Waals surface area (Å²) in [7, 11) is 0. The van der Waals surface area contributed by atoms with Crippen LogP contribution in [0, 0.1) is 5.82 Å². The minimum Gasteiger partial charge on any atom is -0.368 e. The second-order valence-corrected chi connectivity index (χ2v) is 4.63. The van der Waals surface area contributed by atoms with Gasteiger partial charge < -0.3 is 4.90 Å². The highest BCUT2D eigenvalue weighted by Gasteiger charge is 2.22. The first-order valence-electron chi connectivity index (χ1n) is 4.90. The molecule has 0 aliphatic carbocycles. The summed E-state index contributed by atoms with van der Waals surface area (Å²) in [5.41, 5.74) is 1.11. The van der Waals surface area contributed by atoms with E-state index in [1.807, 2.05) is 6.07 Å². The van der Waals surface area contributed by atoms with Crippen LogP contribution in [0.4, 0.5) is 10.1 Å². The molecule has 1 aliphatic heterocycles. The predicted octanol–water partition coefficient (Wildman–Crippen LogP) is 3.58. The minimum absolute atomic E-state index is 0.188. The summed E-state index contributed by atoms with van der Waals surface area (Å²) in [6.07, 6.45) is 2.45. The second-order valence-electron chi connectivity index (χ2n) is 3.78. The van der Waals surface area contributed by atoms with E-state index in [-0.39, 0.29) is 5.82 Å². The molecular formula is C11H13BrFN. The van der Waals surface area contributed by atoms with Gasteiger partial charge in [-0.2, -0.15) is 0 Å². The van der Waals surface area contributed by atoms with Gasteiger partial charge in [-0.25, -0.2) is 4.39 Å². The monoisotopic (exact) mass is 257 g/mol. The Hall–Kier alpha value is -0.570. The van der Waals surface area contributed by atoms with Crippen LogP contribution in [0.3, 0.4) is 0 Å². The van der Waals surface area contributed by atoms with Crippen LogP contribution in [-0.4, -0.2) is 12.6 Å². The molecule has 1 atom stereocenters. The fourth-order valence-corrected chi connectivity index (χ4v) is 2.58. The number of hydrogen-bond acceptors (Lipinski definition) is 1. The van der Waals surface area contributed by atoms with E-state index in [0.717, 1.165) is 16.7 Å². The zero-order valence-electron chi connectivity index (χ0n) is 8.13. The van der Waals surface area contributed by atoms with Crippen molar-refractivity contribution < 1.29 is 4.39 Å². The topological polar surface area (TPSA) is 3.24 Å². The Bertz CT molecular complexity index is 340. The van der Waals surface area contributed by atoms with Crippen molar-refractivity contribution in [1.82, 2.24) is 0 Å². The Labute approximate surface area is 92.0 Å². The zero-order chi connectivity index (χ0) is 10.1. The zero-order valence-corrected chi connectivity index (χ0v) is 9.72. The van der Waals surface area contributed by atoms with Gasteiger partial charge in [-0.1, -0.05) is 0 Å². The highest BCUT2D eigenvalue weighted by molar-refractivity contribution is 9.10. The molecule has 3 heteroatoms. The SMILES string of the molecule is CC1CCCN1c1ccc(F)cc1Br. The summed E-state index contributed by atoms with van der Waals surface area (Å²) in [4.78, 5) is 2.32. The highest BCUT2D eigenvalue weighted by atomic mass is 79.9. The molecule has 0 spiro atoms. The van der Waals surface area contributed by atoms with Crippen molar-refractivity contribution in [3.8, 4) is 0 Å². The molecule has 1 fully saturated rings. The van der Waals surface area contributed by atoms with Crippen LogP contribution in [-0.2, 0) is 0 Å². The van der Waals surface area contributed by atoms with Gasteiger partial charge in [0.15, 0.2) is 0 Å². The third kappa shape index (κ3) is 1.78. The fourth-order valence-electron chi connectivity index (χ4n) is 2.01. The quantitative estimate of drug-likeness (QED) is 0.744. The van der Waals surface area contributed by atoms with E-state index >= 15 is 0 Å². The average Bonchev–Trinajstić information content (AvgIpc) is 2.52. The number of rotatable bonds is 1. The lowest BCUT2D eigenvalue weighted by Gasteiger charge is -2.24.